The van der Waals surface area contributed by atoms with Gasteiger partial charge in [-0.15, -0.1) is 15.3 Å². The first-order valence-electron chi connectivity index (χ1n) is 5.78. The van der Waals surface area contributed by atoms with Crippen LogP contribution in [-0.2, 0) is 6.54 Å². The summed E-state index contributed by atoms with van der Waals surface area (Å²) < 4.78 is 0. The molecule has 0 spiro atoms. The highest BCUT2D eigenvalue weighted by molar-refractivity contribution is 5.46. The third-order valence-corrected chi connectivity index (χ3v) is 2.54. The standard InChI is InChI=1S/C11H10N6O4/c1-6-10(13-11(19)16-14-6)15-12-5-7-2-3-9(18)8(4-7)17(20)21/h2-4,18H,5H2,1H3,(H,13,16,19). The van der Waals surface area contributed by atoms with E-state index in [2.05, 4.69) is 25.4 Å². The number of hydrogen-bond acceptors (Lipinski definition) is 7. The lowest BCUT2D eigenvalue weighted by atomic mass is 10.2. The summed E-state index contributed by atoms with van der Waals surface area (Å²) in [4.78, 5) is 23.4. The molecule has 0 saturated heterocycles. The predicted molar refractivity (Wildman–Crippen MR) is 66.9 cm³/mol. The molecular weight excluding hydrogens is 280 g/mol. The monoisotopic (exact) mass is 290 g/mol. The summed E-state index contributed by atoms with van der Waals surface area (Å²) in [6, 6.07) is 3.68. The summed E-state index contributed by atoms with van der Waals surface area (Å²) in [6.07, 6.45) is 0. The van der Waals surface area contributed by atoms with E-state index in [1.165, 1.54) is 6.07 Å². The second-order valence-electron chi connectivity index (χ2n) is 4.07. The van der Waals surface area contributed by atoms with E-state index in [0.29, 0.717) is 11.3 Å². The van der Waals surface area contributed by atoms with Gasteiger partial charge in [0.2, 0.25) is 0 Å². The van der Waals surface area contributed by atoms with Crippen molar-refractivity contribution in [3.63, 3.8) is 0 Å². The van der Waals surface area contributed by atoms with Gasteiger partial charge in [0, 0.05) is 11.2 Å². The molecule has 0 bridgehead atoms. The Morgan fingerprint density at radius 2 is 2.24 bits per heavy atom. The second kappa shape index (κ2) is 5.86. The lowest BCUT2D eigenvalue weighted by molar-refractivity contribution is -0.398. The van der Waals surface area contributed by atoms with Crippen LogP contribution in [0.4, 0.5) is 11.5 Å². The number of benzene rings is 1. The maximum Gasteiger partial charge on any atom is 0.457 e. The molecule has 0 saturated carbocycles. The van der Waals surface area contributed by atoms with Crippen LogP contribution in [0, 0.1) is 17.0 Å². The molecule has 0 aliphatic carbocycles. The quantitative estimate of drug-likeness (QED) is 0.483. The normalized spacial score (nSPS) is 10.9. The zero-order valence-electron chi connectivity index (χ0n) is 10.9. The third kappa shape index (κ3) is 3.43. The van der Waals surface area contributed by atoms with E-state index < -0.39 is 22.0 Å². The van der Waals surface area contributed by atoms with E-state index in [9.17, 15) is 20.0 Å². The minimum atomic E-state index is -0.748. The van der Waals surface area contributed by atoms with Gasteiger partial charge in [-0.2, -0.15) is 0 Å². The number of azo groups is 1. The zero-order chi connectivity index (χ0) is 15.4. The number of nitro benzene ring substituents is 1. The fourth-order valence-electron chi connectivity index (χ4n) is 1.50. The molecule has 1 heterocycles. The van der Waals surface area contributed by atoms with Gasteiger partial charge in [0.15, 0.2) is 5.69 Å². The smallest absolute Gasteiger partial charge is 0.457 e. The van der Waals surface area contributed by atoms with Gasteiger partial charge in [0.1, 0.15) is 6.54 Å². The van der Waals surface area contributed by atoms with E-state index in [4.69, 9.17) is 0 Å². The SMILES string of the molecule is Cc1n[nH]c(=O)[nH+]c1N=NCc1ccc([O-])c([N+](=O)[O-])c1. The third-order valence-electron chi connectivity index (χ3n) is 2.54. The highest BCUT2D eigenvalue weighted by atomic mass is 16.6. The first kappa shape index (κ1) is 14.2. The fourth-order valence-corrected chi connectivity index (χ4v) is 1.50. The maximum atomic E-state index is 11.2. The number of nitrogens with zero attached hydrogens (tertiary/aromatic N) is 4. The first-order valence-corrected chi connectivity index (χ1v) is 5.78. The van der Waals surface area contributed by atoms with Crippen LogP contribution < -0.4 is 15.8 Å². The average molecular weight is 290 g/mol. The summed E-state index contributed by atoms with van der Waals surface area (Å²) in [5.41, 5.74) is -0.135. The largest absolute Gasteiger partial charge is 0.868 e. The Labute approximate surface area is 117 Å². The van der Waals surface area contributed by atoms with Gasteiger partial charge in [-0.05, 0) is 18.2 Å². The van der Waals surface area contributed by atoms with Crippen molar-refractivity contribution in [2.75, 3.05) is 0 Å². The molecular formula is C11H10N6O4. The molecule has 1 aromatic carbocycles. The van der Waals surface area contributed by atoms with Crippen molar-refractivity contribution in [1.82, 2.24) is 10.2 Å². The van der Waals surface area contributed by atoms with Gasteiger partial charge >= 0.3 is 11.5 Å². The molecule has 0 fully saturated rings. The first-order chi connectivity index (χ1) is 9.97. The van der Waals surface area contributed by atoms with Crippen LogP contribution in [0.25, 0.3) is 0 Å². The lowest BCUT2D eigenvalue weighted by Crippen LogP contribution is -2.31. The molecule has 0 unspecified atom stereocenters. The highest BCUT2D eigenvalue weighted by Gasteiger charge is 2.09. The van der Waals surface area contributed by atoms with Crippen LogP contribution in [0.15, 0.2) is 33.2 Å². The molecule has 0 aliphatic heterocycles. The molecule has 2 aromatic rings. The van der Waals surface area contributed by atoms with Crippen molar-refractivity contribution < 1.29 is 15.0 Å². The summed E-state index contributed by atoms with van der Waals surface area (Å²) in [5.74, 6) is -0.475. The van der Waals surface area contributed by atoms with Gasteiger partial charge < -0.3 is 5.11 Å². The summed E-state index contributed by atoms with van der Waals surface area (Å²) in [6.45, 7) is 1.65. The number of nitro groups is 1. The Balaban J connectivity index is 2.18. The Kier molecular flexibility index (Phi) is 3.97. The number of rotatable bonds is 4. The van der Waals surface area contributed by atoms with Gasteiger partial charge in [-0.25, -0.2) is 9.78 Å². The molecule has 10 nitrogen and oxygen atoms in total. The van der Waals surface area contributed by atoms with Crippen molar-refractivity contribution >= 4 is 11.5 Å². The van der Waals surface area contributed by atoms with Gasteiger partial charge in [-0.1, -0.05) is 12.1 Å². The van der Waals surface area contributed by atoms with Crippen LogP contribution >= 0.6 is 0 Å². The molecule has 0 amide bonds. The van der Waals surface area contributed by atoms with Crippen molar-refractivity contribution in [2.24, 2.45) is 10.2 Å². The second-order valence-corrected chi connectivity index (χ2v) is 4.07. The Morgan fingerprint density at radius 3 is 2.95 bits per heavy atom. The van der Waals surface area contributed by atoms with Crippen LogP contribution in [0.1, 0.15) is 11.3 Å². The molecule has 2 N–H and O–H groups in total. The minimum absolute atomic E-state index is 0.0290. The minimum Gasteiger partial charge on any atom is -0.868 e. The Morgan fingerprint density at radius 1 is 1.48 bits per heavy atom. The van der Waals surface area contributed by atoms with E-state index in [1.54, 1.807) is 6.92 Å². The summed E-state index contributed by atoms with van der Waals surface area (Å²) in [7, 11) is 0. The molecule has 0 atom stereocenters. The number of nitrogens with one attached hydrogen (secondary N) is 2. The van der Waals surface area contributed by atoms with Gasteiger partial charge in [-0.3, -0.25) is 10.1 Å². The topological polar surface area (TPSA) is 151 Å². The van der Waals surface area contributed by atoms with Crippen LogP contribution in [-0.4, -0.2) is 15.1 Å². The number of aromatic amines is 2. The van der Waals surface area contributed by atoms with E-state index >= 15 is 0 Å². The predicted octanol–water partition coefficient (Wildman–Crippen LogP) is 0.158. The molecule has 1 aromatic heterocycles. The number of hydrogen-bond donors (Lipinski definition) is 1. The maximum absolute atomic E-state index is 11.2. The van der Waals surface area contributed by atoms with Crippen molar-refractivity contribution in [1.29, 1.82) is 0 Å². The van der Waals surface area contributed by atoms with Crippen LogP contribution in [0.3, 0.4) is 0 Å². The fraction of sp³-hybridized carbons (Fsp3) is 0.182. The van der Waals surface area contributed by atoms with Gasteiger partial charge in [0.25, 0.3) is 5.69 Å². The molecule has 2 rings (SSSR count). The molecule has 0 radical (unpaired) electrons. The van der Waals surface area contributed by atoms with E-state index in [-0.39, 0.29) is 12.4 Å². The van der Waals surface area contributed by atoms with Crippen molar-refractivity contribution in [3.05, 3.63) is 50.1 Å². The zero-order valence-corrected chi connectivity index (χ0v) is 10.9. The number of aryl methyl sites for hydroxylation is 1. The van der Waals surface area contributed by atoms with Gasteiger partial charge in [0.05, 0.1) is 4.92 Å². The van der Waals surface area contributed by atoms with Crippen LogP contribution in [0.5, 0.6) is 5.75 Å². The molecule has 10 heteroatoms. The summed E-state index contributed by atoms with van der Waals surface area (Å²) in [5, 5.41) is 35.4. The lowest BCUT2D eigenvalue weighted by Gasteiger charge is -2.06. The Hall–Kier alpha value is -3.17. The number of H-pyrrole nitrogens is 2. The molecule has 0 aliphatic rings. The van der Waals surface area contributed by atoms with Crippen molar-refractivity contribution in [3.8, 4) is 5.75 Å². The van der Waals surface area contributed by atoms with E-state index in [1.807, 2.05) is 0 Å². The van der Waals surface area contributed by atoms with E-state index in [0.717, 1.165) is 12.1 Å². The number of aromatic nitrogens is 3. The highest BCUT2D eigenvalue weighted by Crippen LogP contribution is 2.24. The molecule has 21 heavy (non-hydrogen) atoms. The van der Waals surface area contributed by atoms with Crippen molar-refractivity contribution in [2.45, 2.75) is 13.5 Å². The average Bonchev–Trinajstić information content (AvgIpc) is 2.44. The Bertz CT molecular complexity index is 770. The molecule has 108 valence electrons. The van der Waals surface area contributed by atoms with Crippen LogP contribution in [0.2, 0.25) is 0 Å². The summed E-state index contributed by atoms with van der Waals surface area (Å²) >= 11 is 0.